The zero-order valence-corrected chi connectivity index (χ0v) is 12.2. The topological polar surface area (TPSA) is 47.0 Å². The van der Waals surface area contributed by atoms with Gasteiger partial charge in [0.05, 0.1) is 12.3 Å². The third kappa shape index (κ3) is 2.01. The Kier molecular flexibility index (Phi) is 3.30. The number of rotatable bonds is 2. The van der Waals surface area contributed by atoms with Crippen LogP contribution in [0.4, 0.5) is 5.82 Å². The molecule has 0 radical (unpaired) electrons. The summed E-state index contributed by atoms with van der Waals surface area (Å²) in [4.78, 5) is 0. The number of hydrogen-bond acceptors (Lipinski definition) is 4. The van der Waals surface area contributed by atoms with E-state index in [1.54, 1.807) is 0 Å². The van der Waals surface area contributed by atoms with Crippen LogP contribution < -0.4 is 10.1 Å². The molecule has 1 aliphatic rings. The van der Waals surface area contributed by atoms with Gasteiger partial charge in [-0.3, -0.25) is 0 Å². The first-order valence-electron chi connectivity index (χ1n) is 6.99. The van der Waals surface area contributed by atoms with Crippen LogP contribution >= 0.6 is 0 Å². The van der Waals surface area contributed by atoms with Gasteiger partial charge in [-0.2, -0.15) is 0 Å². The lowest BCUT2D eigenvalue weighted by Crippen LogP contribution is -2.10. The second-order valence-corrected chi connectivity index (χ2v) is 5.14. The van der Waals surface area contributed by atoms with Gasteiger partial charge in [-0.05, 0) is 49.4 Å². The molecule has 104 valence electrons. The largest absolute Gasteiger partial charge is 0.493 e. The SMILES string of the molecule is CNc1nnc(-c2cccc3c2OCCC3)c(C)c1C. The lowest BCUT2D eigenvalue weighted by Gasteiger charge is -2.21. The number of nitrogens with one attached hydrogen (secondary N) is 1. The van der Waals surface area contributed by atoms with E-state index >= 15 is 0 Å². The summed E-state index contributed by atoms with van der Waals surface area (Å²) in [6, 6.07) is 6.28. The fourth-order valence-electron chi connectivity index (χ4n) is 2.67. The van der Waals surface area contributed by atoms with E-state index < -0.39 is 0 Å². The van der Waals surface area contributed by atoms with Gasteiger partial charge in [0.2, 0.25) is 0 Å². The Labute approximate surface area is 119 Å². The molecule has 1 aromatic carbocycles. The number of nitrogens with zero attached hydrogens (tertiary/aromatic N) is 2. The molecule has 0 bridgehead atoms. The van der Waals surface area contributed by atoms with Gasteiger partial charge in [-0.1, -0.05) is 12.1 Å². The number of fused-ring (bicyclic) bond motifs is 1. The third-order valence-corrected chi connectivity index (χ3v) is 3.95. The van der Waals surface area contributed by atoms with Crippen molar-refractivity contribution in [2.24, 2.45) is 0 Å². The van der Waals surface area contributed by atoms with E-state index in [0.717, 1.165) is 53.4 Å². The molecule has 0 amide bonds. The minimum absolute atomic E-state index is 0.782. The van der Waals surface area contributed by atoms with Gasteiger partial charge in [0, 0.05) is 12.6 Å². The first-order valence-corrected chi connectivity index (χ1v) is 6.99. The second-order valence-electron chi connectivity index (χ2n) is 5.14. The van der Waals surface area contributed by atoms with Gasteiger partial charge in [0.1, 0.15) is 5.75 Å². The Balaban J connectivity index is 2.17. The lowest BCUT2D eigenvalue weighted by molar-refractivity contribution is 0.289. The molecule has 1 aliphatic heterocycles. The summed E-state index contributed by atoms with van der Waals surface area (Å²) in [5.74, 6) is 1.81. The van der Waals surface area contributed by atoms with Crippen LogP contribution in [0.3, 0.4) is 0 Å². The molecule has 4 nitrogen and oxygen atoms in total. The zero-order chi connectivity index (χ0) is 14.1. The first-order chi connectivity index (χ1) is 9.72. The van der Waals surface area contributed by atoms with Crippen LogP contribution in [0.1, 0.15) is 23.1 Å². The van der Waals surface area contributed by atoms with Gasteiger partial charge in [-0.25, -0.2) is 0 Å². The predicted octanol–water partition coefficient (Wildman–Crippen LogP) is 3.13. The molecule has 2 heterocycles. The maximum Gasteiger partial charge on any atom is 0.151 e. The quantitative estimate of drug-likeness (QED) is 0.910. The maximum atomic E-state index is 5.88. The average molecular weight is 269 g/mol. The minimum atomic E-state index is 0.782. The number of aryl methyl sites for hydroxylation is 1. The summed E-state index contributed by atoms with van der Waals surface area (Å²) in [6.07, 6.45) is 2.15. The standard InChI is InChI=1S/C16H19N3O/c1-10-11(2)16(17-3)19-18-14(10)13-8-4-6-12-7-5-9-20-15(12)13/h4,6,8H,5,7,9H2,1-3H3,(H,17,19). The molecule has 0 spiro atoms. The van der Waals surface area contributed by atoms with Crippen molar-refractivity contribution in [3.05, 3.63) is 34.9 Å². The van der Waals surface area contributed by atoms with Gasteiger partial charge in [-0.15, -0.1) is 10.2 Å². The molecular weight excluding hydrogens is 250 g/mol. The Bertz CT molecular complexity index is 652. The van der Waals surface area contributed by atoms with Crippen LogP contribution in [0.5, 0.6) is 5.75 Å². The highest BCUT2D eigenvalue weighted by atomic mass is 16.5. The minimum Gasteiger partial charge on any atom is -0.493 e. The first kappa shape index (κ1) is 12.9. The van der Waals surface area contributed by atoms with Crippen LogP contribution in [-0.2, 0) is 6.42 Å². The Morgan fingerprint density at radius 2 is 2.00 bits per heavy atom. The van der Waals surface area contributed by atoms with E-state index in [0.29, 0.717) is 0 Å². The van der Waals surface area contributed by atoms with E-state index in [-0.39, 0.29) is 0 Å². The summed E-state index contributed by atoms with van der Waals surface area (Å²) in [5, 5.41) is 11.7. The fourth-order valence-corrected chi connectivity index (χ4v) is 2.67. The highest BCUT2D eigenvalue weighted by Crippen LogP contribution is 2.37. The summed E-state index contributed by atoms with van der Waals surface area (Å²) >= 11 is 0. The summed E-state index contributed by atoms with van der Waals surface area (Å²) in [7, 11) is 1.86. The molecule has 2 aromatic rings. The number of anilines is 1. The van der Waals surface area contributed by atoms with Crippen LogP contribution in [0.2, 0.25) is 0 Å². The molecule has 0 fully saturated rings. The van der Waals surface area contributed by atoms with Gasteiger partial charge in [0.15, 0.2) is 5.82 Å². The van der Waals surface area contributed by atoms with Gasteiger partial charge < -0.3 is 10.1 Å². The van der Waals surface area contributed by atoms with E-state index in [9.17, 15) is 0 Å². The van der Waals surface area contributed by atoms with E-state index in [2.05, 4.69) is 47.6 Å². The van der Waals surface area contributed by atoms with Crippen molar-refractivity contribution >= 4 is 5.82 Å². The van der Waals surface area contributed by atoms with Crippen molar-refractivity contribution in [3.63, 3.8) is 0 Å². The lowest BCUT2D eigenvalue weighted by atomic mass is 9.97. The Morgan fingerprint density at radius 1 is 1.15 bits per heavy atom. The Morgan fingerprint density at radius 3 is 2.80 bits per heavy atom. The molecule has 1 aromatic heterocycles. The fraction of sp³-hybridized carbons (Fsp3) is 0.375. The van der Waals surface area contributed by atoms with Crippen LogP contribution in [0, 0.1) is 13.8 Å². The number of aromatic nitrogens is 2. The van der Waals surface area contributed by atoms with E-state index in [4.69, 9.17) is 4.74 Å². The highest BCUT2D eigenvalue weighted by Gasteiger charge is 2.19. The van der Waals surface area contributed by atoms with E-state index in [1.165, 1.54) is 5.56 Å². The van der Waals surface area contributed by atoms with Crippen molar-refractivity contribution in [1.82, 2.24) is 10.2 Å². The molecule has 0 atom stereocenters. The molecule has 0 aliphatic carbocycles. The van der Waals surface area contributed by atoms with Crippen LogP contribution in [0.15, 0.2) is 18.2 Å². The van der Waals surface area contributed by atoms with Crippen molar-refractivity contribution in [2.75, 3.05) is 19.0 Å². The van der Waals surface area contributed by atoms with Crippen molar-refractivity contribution in [3.8, 4) is 17.0 Å². The zero-order valence-electron chi connectivity index (χ0n) is 12.2. The van der Waals surface area contributed by atoms with Crippen LogP contribution in [0.25, 0.3) is 11.3 Å². The molecule has 0 saturated carbocycles. The van der Waals surface area contributed by atoms with Crippen molar-refractivity contribution < 1.29 is 4.74 Å². The van der Waals surface area contributed by atoms with Crippen molar-refractivity contribution in [1.29, 1.82) is 0 Å². The second kappa shape index (κ2) is 5.12. The summed E-state index contributed by atoms with van der Waals surface area (Å²) in [6.45, 7) is 4.93. The maximum absolute atomic E-state index is 5.88. The summed E-state index contributed by atoms with van der Waals surface area (Å²) < 4.78 is 5.88. The normalized spacial score (nSPS) is 13.6. The molecule has 4 heteroatoms. The highest BCUT2D eigenvalue weighted by molar-refractivity contribution is 5.73. The van der Waals surface area contributed by atoms with Crippen LogP contribution in [-0.4, -0.2) is 23.9 Å². The monoisotopic (exact) mass is 269 g/mol. The third-order valence-electron chi connectivity index (χ3n) is 3.95. The number of benzene rings is 1. The molecule has 0 unspecified atom stereocenters. The van der Waals surface area contributed by atoms with Crippen molar-refractivity contribution in [2.45, 2.75) is 26.7 Å². The molecule has 20 heavy (non-hydrogen) atoms. The smallest absolute Gasteiger partial charge is 0.151 e. The van der Waals surface area contributed by atoms with Gasteiger partial charge in [0.25, 0.3) is 0 Å². The molecule has 3 rings (SSSR count). The number of ether oxygens (including phenoxy) is 1. The average Bonchev–Trinajstić information content (AvgIpc) is 2.50. The summed E-state index contributed by atoms with van der Waals surface area (Å²) in [5.41, 5.74) is 5.52. The molecule has 0 saturated heterocycles. The predicted molar refractivity (Wildman–Crippen MR) is 80.3 cm³/mol. The molecule has 1 N–H and O–H groups in total. The van der Waals surface area contributed by atoms with E-state index in [1.807, 2.05) is 7.05 Å². The Hall–Kier alpha value is -2.10. The van der Waals surface area contributed by atoms with Gasteiger partial charge >= 0.3 is 0 Å². The molecular formula is C16H19N3O. The number of hydrogen-bond donors (Lipinski definition) is 1. The number of para-hydroxylation sites is 1.